The molecule has 3 atom stereocenters. The molecule has 2 nitrogen and oxygen atoms in total. The Bertz CT molecular complexity index is 149. The van der Waals surface area contributed by atoms with E-state index in [2.05, 4.69) is 27.7 Å². The Morgan fingerprint density at radius 1 is 1.29 bits per heavy atom. The summed E-state index contributed by atoms with van der Waals surface area (Å²) in [7, 11) is 0. The molecule has 0 amide bonds. The summed E-state index contributed by atoms with van der Waals surface area (Å²) in [6, 6.07) is 0.146. The average Bonchev–Trinajstić information content (AvgIpc) is 2.17. The molecule has 0 saturated carbocycles. The van der Waals surface area contributed by atoms with Gasteiger partial charge in [-0.2, -0.15) is 0 Å². The Labute approximate surface area is 89.2 Å². The second-order valence-corrected chi connectivity index (χ2v) is 4.39. The first kappa shape index (κ1) is 13.9. The van der Waals surface area contributed by atoms with Crippen molar-refractivity contribution < 1.29 is 4.74 Å². The number of ether oxygens (including phenoxy) is 1. The van der Waals surface area contributed by atoms with Crippen molar-refractivity contribution >= 4 is 0 Å². The van der Waals surface area contributed by atoms with E-state index in [-0.39, 0.29) is 11.6 Å². The van der Waals surface area contributed by atoms with Crippen LogP contribution in [0.2, 0.25) is 0 Å². The lowest BCUT2D eigenvalue weighted by Gasteiger charge is -2.37. The van der Waals surface area contributed by atoms with Crippen molar-refractivity contribution in [3.8, 4) is 0 Å². The Balaban J connectivity index is 4.34. The maximum absolute atomic E-state index is 6.25. The molecule has 0 bridgehead atoms. The van der Waals surface area contributed by atoms with E-state index in [0.29, 0.717) is 5.92 Å². The summed E-state index contributed by atoms with van der Waals surface area (Å²) in [4.78, 5) is 0. The molecule has 0 aliphatic heterocycles. The zero-order chi connectivity index (χ0) is 11.2. The molecule has 3 unspecified atom stereocenters. The maximum atomic E-state index is 6.25. The summed E-state index contributed by atoms with van der Waals surface area (Å²) >= 11 is 0. The van der Waals surface area contributed by atoms with Crippen molar-refractivity contribution in [2.24, 2.45) is 11.7 Å². The van der Waals surface area contributed by atoms with Gasteiger partial charge in [-0.05, 0) is 32.6 Å². The minimum absolute atomic E-state index is 0.146. The molecule has 0 fully saturated rings. The zero-order valence-electron chi connectivity index (χ0n) is 10.5. The van der Waals surface area contributed by atoms with Gasteiger partial charge < -0.3 is 10.5 Å². The normalized spacial score (nSPS) is 20.1. The van der Waals surface area contributed by atoms with Crippen LogP contribution < -0.4 is 5.73 Å². The molecule has 2 heteroatoms. The van der Waals surface area contributed by atoms with E-state index in [0.717, 1.165) is 13.0 Å². The Morgan fingerprint density at radius 2 is 1.86 bits per heavy atom. The van der Waals surface area contributed by atoms with Crippen molar-refractivity contribution in [2.45, 2.75) is 65.5 Å². The molecule has 0 aliphatic rings. The molecule has 2 N–H and O–H groups in total. The van der Waals surface area contributed by atoms with Crippen LogP contribution in [0.5, 0.6) is 0 Å². The summed E-state index contributed by atoms with van der Waals surface area (Å²) in [6.07, 6.45) is 3.36. The maximum Gasteiger partial charge on any atom is 0.0804 e. The number of hydrogen-bond acceptors (Lipinski definition) is 2. The molecule has 0 aromatic heterocycles. The quantitative estimate of drug-likeness (QED) is 0.687. The lowest BCUT2D eigenvalue weighted by atomic mass is 9.83. The van der Waals surface area contributed by atoms with Crippen LogP contribution in [-0.2, 0) is 4.74 Å². The van der Waals surface area contributed by atoms with Crippen molar-refractivity contribution in [3.63, 3.8) is 0 Å². The number of nitrogens with two attached hydrogens (primary N) is 1. The van der Waals surface area contributed by atoms with Gasteiger partial charge in [0.2, 0.25) is 0 Å². The van der Waals surface area contributed by atoms with Crippen LogP contribution in [0.4, 0.5) is 0 Å². The Kier molecular flexibility index (Phi) is 6.38. The Morgan fingerprint density at radius 3 is 2.21 bits per heavy atom. The third-order valence-electron chi connectivity index (χ3n) is 3.24. The van der Waals surface area contributed by atoms with Gasteiger partial charge in [0, 0.05) is 12.6 Å². The fraction of sp³-hybridized carbons (Fsp3) is 1.00. The molecular formula is C12H27NO. The van der Waals surface area contributed by atoms with Gasteiger partial charge in [0.15, 0.2) is 0 Å². The van der Waals surface area contributed by atoms with Gasteiger partial charge >= 0.3 is 0 Å². The van der Waals surface area contributed by atoms with E-state index in [1.165, 1.54) is 12.8 Å². The minimum atomic E-state index is -0.149. The molecule has 0 rings (SSSR count). The van der Waals surface area contributed by atoms with E-state index >= 15 is 0 Å². The molecular weight excluding hydrogens is 174 g/mol. The van der Waals surface area contributed by atoms with Gasteiger partial charge in [-0.15, -0.1) is 0 Å². The predicted octanol–water partition coefficient (Wildman–Crippen LogP) is 2.96. The Hall–Kier alpha value is -0.0800. The second-order valence-electron chi connectivity index (χ2n) is 4.39. The average molecular weight is 201 g/mol. The highest BCUT2D eigenvalue weighted by molar-refractivity contribution is 4.89. The van der Waals surface area contributed by atoms with E-state index in [4.69, 9.17) is 10.5 Å². The highest BCUT2D eigenvalue weighted by atomic mass is 16.5. The SMILES string of the molecule is CCCC(C)C(N)C(C)(CC)OCC. The van der Waals surface area contributed by atoms with Crippen LogP contribution in [0, 0.1) is 5.92 Å². The van der Waals surface area contributed by atoms with Gasteiger partial charge in [-0.3, -0.25) is 0 Å². The topological polar surface area (TPSA) is 35.2 Å². The van der Waals surface area contributed by atoms with Gasteiger partial charge in [-0.1, -0.05) is 27.2 Å². The molecule has 0 aromatic rings. The van der Waals surface area contributed by atoms with Gasteiger partial charge in [0.25, 0.3) is 0 Å². The lowest BCUT2D eigenvalue weighted by Crippen LogP contribution is -2.51. The van der Waals surface area contributed by atoms with Crippen LogP contribution in [0.3, 0.4) is 0 Å². The van der Waals surface area contributed by atoms with Crippen LogP contribution in [-0.4, -0.2) is 18.2 Å². The molecule has 86 valence electrons. The first-order valence-electron chi connectivity index (χ1n) is 5.91. The van der Waals surface area contributed by atoms with Crippen molar-refractivity contribution in [1.82, 2.24) is 0 Å². The van der Waals surface area contributed by atoms with E-state index in [1.807, 2.05) is 6.92 Å². The molecule has 0 radical (unpaired) electrons. The van der Waals surface area contributed by atoms with Gasteiger partial charge in [0.05, 0.1) is 5.60 Å². The largest absolute Gasteiger partial charge is 0.374 e. The molecule has 14 heavy (non-hydrogen) atoms. The van der Waals surface area contributed by atoms with Crippen LogP contribution in [0.15, 0.2) is 0 Å². The molecule has 0 aliphatic carbocycles. The summed E-state index contributed by atoms with van der Waals surface area (Å²) in [5.74, 6) is 0.538. The lowest BCUT2D eigenvalue weighted by molar-refractivity contribution is -0.0583. The highest BCUT2D eigenvalue weighted by Crippen LogP contribution is 2.25. The minimum Gasteiger partial charge on any atom is -0.374 e. The highest BCUT2D eigenvalue weighted by Gasteiger charge is 2.33. The molecule has 0 heterocycles. The first-order valence-corrected chi connectivity index (χ1v) is 5.91. The summed E-state index contributed by atoms with van der Waals surface area (Å²) in [6.45, 7) is 11.5. The zero-order valence-corrected chi connectivity index (χ0v) is 10.5. The van der Waals surface area contributed by atoms with E-state index < -0.39 is 0 Å². The standard InChI is InChI=1S/C12H27NO/c1-6-9-10(4)11(13)12(5,7-2)14-8-3/h10-11H,6-9,13H2,1-5H3. The molecule has 0 aromatic carbocycles. The van der Waals surface area contributed by atoms with E-state index in [1.54, 1.807) is 0 Å². The van der Waals surface area contributed by atoms with Gasteiger partial charge in [-0.25, -0.2) is 0 Å². The fourth-order valence-corrected chi connectivity index (χ4v) is 2.00. The monoisotopic (exact) mass is 201 g/mol. The first-order chi connectivity index (χ1) is 6.51. The fourth-order valence-electron chi connectivity index (χ4n) is 2.00. The van der Waals surface area contributed by atoms with Crippen molar-refractivity contribution in [2.75, 3.05) is 6.61 Å². The van der Waals surface area contributed by atoms with Crippen LogP contribution in [0.1, 0.15) is 53.9 Å². The summed E-state index contributed by atoms with van der Waals surface area (Å²) < 4.78 is 5.78. The molecule has 0 spiro atoms. The van der Waals surface area contributed by atoms with E-state index in [9.17, 15) is 0 Å². The third-order valence-corrected chi connectivity index (χ3v) is 3.24. The molecule has 0 saturated heterocycles. The van der Waals surface area contributed by atoms with Gasteiger partial charge in [0.1, 0.15) is 0 Å². The number of rotatable bonds is 7. The summed E-state index contributed by atoms with van der Waals surface area (Å²) in [5.41, 5.74) is 6.10. The smallest absolute Gasteiger partial charge is 0.0804 e. The second kappa shape index (κ2) is 6.41. The van der Waals surface area contributed by atoms with Crippen molar-refractivity contribution in [1.29, 1.82) is 0 Å². The third kappa shape index (κ3) is 3.58. The number of hydrogen-bond donors (Lipinski definition) is 1. The van der Waals surface area contributed by atoms with Crippen LogP contribution >= 0.6 is 0 Å². The van der Waals surface area contributed by atoms with Crippen molar-refractivity contribution in [3.05, 3.63) is 0 Å². The van der Waals surface area contributed by atoms with Crippen LogP contribution in [0.25, 0.3) is 0 Å². The predicted molar refractivity (Wildman–Crippen MR) is 62.4 cm³/mol. The summed E-state index contributed by atoms with van der Waals surface area (Å²) in [5, 5.41) is 0.